The third-order valence-corrected chi connectivity index (χ3v) is 3.73. The number of hydrogen-bond acceptors (Lipinski definition) is 5. The Kier molecular flexibility index (Phi) is 3.87. The fourth-order valence-corrected chi connectivity index (χ4v) is 2.50. The molecule has 1 aliphatic heterocycles. The number of carbonyl (C=O) groups is 1. The summed E-state index contributed by atoms with van der Waals surface area (Å²) in [4.78, 5) is 12.3. The lowest BCUT2D eigenvalue weighted by Crippen LogP contribution is -2.30. The van der Waals surface area contributed by atoms with E-state index in [2.05, 4.69) is 0 Å². The molecule has 0 aliphatic carbocycles. The van der Waals surface area contributed by atoms with Gasteiger partial charge in [0.25, 0.3) is 0 Å². The van der Waals surface area contributed by atoms with Crippen LogP contribution in [0.5, 0.6) is 11.5 Å². The molecule has 0 amide bonds. The molecule has 0 spiro atoms. The number of methoxy groups -OCH3 is 1. The Bertz CT molecular complexity index is 696. The Labute approximate surface area is 128 Å². The highest BCUT2D eigenvalue weighted by molar-refractivity contribution is 6.58. The van der Waals surface area contributed by atoms with Crippen LogP contribution in [0.25, 0.3) is 0 Å². The molecule has 0 aromatic heterocycles. The fraction of sp³-hybridized carbons (Fsp3) is 0.188. The van der Waals surface area contributed by atoms with Crippen LogP contribution in [0.3, 0.4) is 0 Å². The van der Waals surface area contributed by atoms with Crippen molar-refractivity contribution in [1.29, 1.82) is 0 Å². The van der Waals surface area contributed by atoms with Crippen LogP contribution in [0.2, 0.25) is 0 Å². The van der Waals surface area contributed by atoms with Crippen LogP contribution in [0.1, 0.15) is 28.4 Å². The van der Waals surface area contributed by atoms with E-state index in [9.17, 15) is 4.79 Å². The largest absolute Gasteiger partial charge is 0.497 e. The molecule has 112 valence electrons. The molecule has 0 saturated heterocycles. The van der Waals surface area contributed by atoms with Gasteiger partial charge in [-0.15, -0.1) is 0 Å². The molecule has 1 aliphatic rings. The van der Waals surface area contributed by atoms with Gasteiger partial charge in [-0.2, -0.15) is 0 Å². The third kappa shape index (κ3) is 2.71. The first kappa shape index (κ1) is 14.6. The van der Waals surface area contributed by atoms with E-state index >= 15 is 0 Å². The number of carbonyl (C=O) groups excluding carboxylic acids is 1. The highest BCUT2D eigenvalue weighted by Gasteiger charge is 2.28. The first-order valence-corrected chi connectivity index (χ1v) is 6.92. The molecule has 2 aromatic carbocycles. The van der Waals surface area contributed by atoms with Gasteiger partial charge in [-0.05, 0) is 29.2 Å². The van der Waals surface area contributed by atoms with Gasteiger partial charge in [0.05, 0.1) is 19.1 Å². The SMILES string of the molecule is COc1ccc2c(c1)C(=O)CC(c1ccc(B(O)O)cc1)O2. The van der Waals surface area contributed by atoms with Crippen molar-refractivity contribution in [2.75, 3.05) is 7.11 Å². The maximum atomic E-state index is 12.3. The Morgan fingerprint density at radius 2 is 1.91 bits per heavy atom. The van der Waals surface area contributed by atoms with Crippen molar-refractivity contribution in [3.05, 3.63) is 53.6 Å². The zero-order valence-electron chi connectivity index (χ0n) is 12.0. The highest BCUT2D eigenvalue weighted by Crippen LogP contribution is 2.36. The number of hydrogen-bond donors (Lipinski definition) is 2. The van der Waals surface area contributed by atoms with Crippen LogP contribution in [0.15, 0.2) is 42.5 Å². The molecule has 5 nitrogen and oxygen atoms in total. The second kappa shape index (κ2) is 5.83. The van der Waals surface area contributed by atoms with E-state index in [1.54, 1.807) is 49.6 Å². The van der Waals surface area contributed by atoms with E-state index in [1.807, 2.05) is 0 Å². The van der Waals surface area contributed by atoms with Crippen molar-refractivity contribution in [2.24, 2.45) is 0 Å². The highest BCUT2D eigenvalue weighted by atomic mass is 16.5. The molecule has 3 rings (SSSR count). The van der Waals surface area contributed by atoms with Crippen LogP contribution in [-0.2, 0) is 0 Å². The van der Waals surface area contributed by atoms with Gasteiger partial charge in [0.1, 0.15) is 17.6 Å². The molecule has 1 unspecified atom stereocenters. The van der Waals surface area contributed by atoms with Gasteiger partial charge in [0.15, 0.2) is 5.78 Å². The minimum Gasteiger partial charge on any atom is -0.497 e. The molecule has 0 saturated carbocycles. The summed E-state index contributed by atoms with van der Waals surface area (Å²) in [6, 6.07) is 11.8. The Morgan fingerprint density at radius 1 is 1.18 bits per heavy atom. The maximum Gasteiger partial charge on any atom is 0.488 e. The van der Waals surface area contributed by atoms with E-state index in [0.29, 0.717) is 22.5 Å². The standard InChI is InChI=1S/C16H15BO5/c1-21-12-6-7-15-13(8-12)14(18)9-16(22-15)10-2-4-11(5-3-10)17(19)20/h2-8,16,19-20H,9H2,1H3. The third-order valence-electron chi connectivity index (χ3n) is 3.73. The first-order valence-electron chi connectivity index (χ1n) is 6.92. The zero-order valence-corrected chi connectivity index (χ0v) is 12.0. The number of Topliss-reactive ketones (excluding diaryl/α,β-unsaturated/α-hetero) is 1. The van der Waals surface area contributed by atoms with E-state index in [-0.39, 0.29) is 18.3 Å². The number of fused-ring (bicyclic) bond motifs is 1. The first-order chi connectivity index (χ1) is 10.6. The zero-order chi connectivity index (χ0) is 15.7. The molecule has 2 N–H and O–H groups in total. The molecule has 22 heavy (non-hydrogen) atoms. The monoisotopic (exact) mass is 298 g/mol. The second-order valence-electron chi connectivity index (χ2n) is 5.14. The van der Waals surface area contributed by atoms with Gasteiger partial charge in [-0.25, -0.2) is 0 Å². The lowest BCUT2D eigenvalue weighted by molar-refractivity contribution is 0.0849. The maximum absolute atomic E-state index is 12.3. The second-order valence-corrected chi connectivity index (χ2v) is 5.14. The summed E-state index contributed by atoms with van der Waals surface area (Å²) in [5, 5.41) is 18.2. The Hall–Kier alpha value is -2.31. The normalized spacial score (nSPS) is 16.7. The molecule has 0 fully saturated rings. The van der Waals surface area contributed by atoms with Crippen LogP contribution in [0, 0.1) is 0 Å². The summed E-state index contributed by atoms with van der Waals surface area (Å²) >= 11 is 0. The smallest absolute Gasteiger partial charge is 0.488 e. The molecule has 0 radical (unpaired) electrons. The van der Waals surface area contributed by atoms with Crippen LogP contribution < -0.4 is 14.9 Å². The lowest BCUT2D eigenvalue weighted by Gasteiger charge is -2.26. The molecule has 0 bridgehead atoms. The predicted molar refractivity (Wildman–Crippen MR) is 81.6 cm³/mol. The van der Waals surface area contributed by atoms with Crippen LogP contribution in [-0.4, -0.2) is 30.1 Å². The van der Waals surface area contributed by atoms with Crippen molar-refractivity contribution in [1.82, 2.24) is 0 Å². The van der Waals surface area contributed by atoms with E-state index in [1.165, 1.54) is 0 Å². The van der Waals surface area contributed by atoms with Gasteiger partial charge in [-0.1, -0.05) is 24.3 Å². The minimum absolute atomic E-state index is 0.00332. The number of benzene rings is 2. The van der Waals surface area contributed by atoms with Gasteiger partial charge >= 0.3 is 7.12 Å². The summed E-state index contributed by atoms with van der Waals surface area (Å²) in [6.45, 7) is 0. The van der Waals surface area contributed by atoms with Crippen molar-refractivity contribution in [2.45, 2.75) is 12.5 Å². The van der Waals surface area contributed by atoms with Crippen molar-refractivity contribution in [3.63, 3.8) is 0 Å². The van der Waals surface area contributed by atoms with Crippen LogP contribution >= 0.6 is 0 Å². The number of ether oxygens (including phenoxy) is 2. The molecular formula is C16H15BO5. The minimum atomic E-state index is -1.50. The van der Waals surface area contributed by atoms with Crippen molar-refractivity contribution in [3.8, 4) is 11.5 Å². The van der Waals surface area contributed by atoms with Gasteiger partial charge in [0.2, 0.25) is 0 Å². The van der Waals surface area contributed by atoms with Gasteiger partial charge in [-0.3, -0.25) is 4.79 Å². The van der Waals surface area contributed by atoms with Crippen molar-refractivity contribution < 1.29 is 24.3 Å². The topological polar surface area (TPSA) is 76.0 Å². The predicted octanol–water partition coefficient (Wildman–Crippen LogP) is 1.08. The Balaban J connectivity index is 1.87. The lowest BCUT2D eigenvalue weighted by atomic mass is 9.79. The summed E-state index contributed by atoms with van der Waals surface area (Å²) in [5.74, 6) is 1.15. The van der Waals surface area contributed by atoms with Crippen LogP contribution in [0.4, 0.5) is 0 Å². The molecular weight excluding hydrogens is 283 g/mol. The average molecular weight is 298 g/mol. The van der Waals surface area contributed by atoms with E-state index in [4.69, 9.17) is 19.5 Å². The van der Waals surface area contributed by atoms with Crippen molar-refractivity contribution >= 4 is 18.4 Å². The Morgan fingerprint density at radius 3 is 2.55 bits per heavy atom. The summed E-state index contributed by atoms with van der Waals surface area (Å²) in [5.41, 5.74) is 1.74. The number of ketones is 1. The summed E-state index contributed by atoms with van der Waals surface area (Å²) in [6.07, 6.45) is -0.139. The number of rotatable bonds is 3. The molecule has 1 atom stereocenters. The molecule has 1 heterocycles. The van der Waals surface area contributed by atoms with E-state index in [0.717, 1.165) is 5.56 Å². The fourth-order valence-electron chi connectivity index (χ4n) is 2.50. The summed E-state index contributed by atoms with van der Waals surface area (Å²) < 4.78 is 11.0. The quantitative estimate of drug-likeness (QED) is 0.829. The van der Waals surface area contributed by atoms with Gasteiger partial charge in [0, 0.05) is 0 Å². The van der Waals surface area contributed by atoms with E-state index < -0.39 is 7.12 Å². The van der Waals surface area contributed by atoms with Gasteiger partial charge < -0.3 is 19.5 Å². The molecule has 2 aromatic rings. The summed E-state index contributed by atoms with van der Waals surface area (Å²) in [7, 11) is 0.0478. The average Bonchev–Trinajstić information content (AvgIpc) is 2.54. The molecule has 6 heteroatoms.